The van der Waals surface area contributed by atoms with Crippen molar-refractivity contribution in [2.45, 2.75) is 32.0 Å². The predicted molar refractivity (Wildman–Crippen MR) is 91.8 cm³/mol. The van der Waals surface area contributed by atoms with Crippen molar-refractivity contribution in [2.75, 3.05) is 32.8 Å². The Labute approximate surface area is 155 Å². The fourth-order valence-corrected chi connectivity index (χ4v) is 3.15. The van der Waals surface area contributed by atoms with Gasteiger partial charge in [0, 0.05) is 24.7 Å². The lowest BCUT2D eigenvalue weighted by molar-refractivity contribution is -0.153. The standard InChI is InChI=1S/C18H23F3N2O4/c1-2-22(11-16(24)25)14-7-9-23(10-8-14)17(26)13-3-5-15(6-4-13)27-12-18(19,20)21/h3-6,14H,2,7-12H2,1H3,(H,24,25). The van der Waals surface area contributed by atoms with Gasteiger partial charge in [0.15, 0.2) is 6.61 Å². The van der Waals surface area contributed by atoms with Gasteiger partial charge in [-0.1, -0.05) is 6.92 Å². The minimum atomic E-state index is -4.41. The normalized spacial score (nSPS) is 15.8. The number of likely N-dealkylation sites (tertiary alicyclic amines) is 1. The second-order valence-corrected chi connectivity index (χ2v) is 6.41. The van der Waals surface area contributed by atoms with E-state index in [9.17, 15) is 22.8 Å². The number of likely N-dealkylation sites (N-methyl/N-ethyl adjacent to an activating group) is 1. The highest BCUT2D eigenvalue weighted by molar-refractivity contribution is 5.94. The summed E-state index contributed by atoms with van der Waals surface area (Å²) in [6.45, 7) is 2.15. The van der Waals surface area contributed by atoms with Gasteiger partial charge in [-0.05, 0) is 43.7 Å². The molecule has 0 radical (unpaired) electrons. The molecule has 150 valence electrons. The summed E-state index contributed by atoms with van der Waals surface area (Å²) in [5, 5.41) is 8.96. The molecule has 0 aliphatic carbocycles. The molecule has 1 saturated heterocycles. The van der Waals surface area contributed by atoms with Gasteiger partial charge in [-0.25, -0.2) is 0 Å². The Balaban J connectivity index is 1.89. The van der Waals surface area contributed by atoms with Crippen LogP contribution in [0, 0.1) is 0 Å². The Morgan fingerprint density at radius 1 is 1.22 bits per heavy atom. The van der Waals surface area contributed by atoms with Gasteiger partial charge in [0.2, 0.25) is 0 Å². The molecule has 1 aliphatic heterocycles. The van der Waals surface area contributed by atoms with Gasteiger partial charge in [0.25, 0.3) is 5.91 Å². The molecule has 9 heteroatoms. The van der Waals surface area contributed by atoms with Crippen molar-refractivity contribution in [1.29, 1.82) is 0 Å². The van der Waals surface area contributed by atoms with E-state index in [4.69, 9.17) is 5.11 Å². The monoisotopic (exact) mass is 388 g/mol. The summed E-state index contributed by atoms with van der Waals surface area (Å²) in [5.41, 5.74) is 0.380. The van der Waals surface area contributed by atoms with Gasteiger partial charge in [0.1, 0.15) is 5.75 Å². The first-order valence-electron chi connectivity index (χ1n) is 8.74. The third-order valence-electron chi connectivity index (χ3n) is 4.52. The molecule has 1 amide bonds. The molecule has 1 fully saturated rings. The van der Waals surface area contributed by atoms with Crippen LogP contribution in [0.15, 0.2) is 24.3 Å². The van der Waals surface area contributed by atoms with Gasteiger partial charge in [-0.2, -0.15) is 13.2 Å². The van der Waals surface area contributed by atoms with Crippen molar-refractivity contribution in [3.63, 3.8) is 0 Å². The van der Waals surface area contributed by atoms with Crippen LogP contribution in [0.5, 0.6) is 5.75 Å². The number of amides is 1. The molecule has 0 saturated carbocycles. The van der Waals surface area contributed by atoms with Crippen LogP contribution in [-0.2, 0) is 4.79 Å². The Morgan fingerprint density at radius 2 is 1.81 bits per heavy atom. The highest BCUT2D eigenvalue weighted by Crippen LogP contribution is 2.21. The van der Waals surface area contributed by atoms with E-state index in [1.54, 1.807) is 4.90 Å². The number of rotatable bonds is 7. The van der Waals surface area contributed by atoms with Crippen LogP contribution >= 0.6 is 0 Å². The number of carbonyl (C=O) groups excluding carboxylic acids is 1. The third-order valence-corrected chi connectivity index (χ3v) is 4.52. The SMILES string of the molecule is CCN(CC(=O)O)C1CCN(C(=O)c2ccc(OCC(F)(F)F)cc2)CC1. The number of carbonyl (C=O) groups is 2. The van der Waals surface area contributed by atoms with Crippen LogP contribution in [0.2, 0.25) is 0 Å². The Bertz CT molecular complexity index is 641. The Kier molecular flexibility index (Phi) is 7.06. The number of hydrogen-bond donors (Lipinski definition) is 1. The maximum atomic E-state index is 12.5. The molecule has 27 heavy (non-hydrogen) atoms. The van der Waals surface area contributed by atoms with E-state index in [1.807, 2.05) is 11.8 Å². The van der Waals surface area contributed by atoms with Gasteiger partial charge in [0.05, 0.1) is 6.54 Å². The lowest BCUT2D eigenvalue weighted by Gasteiger charge is -2.37. The molecule has 0 bridgehead atoms. The largest absolute Gasteiger partial charge is 0.484 e. The quantitative estimate of drug-likeness (QED) is 0.778. The molecule has 1 aromatic rings. The van der Waals surface area contributed by atoms with Gasteiger partial charge in [-0.15, -0.1) is 0 Å². The summed E-state index contributed by atoms with van der Waals surface area (Å²) in [6.07, 6.45) is -3.05. The van der Waals surface area contributed by atoms with E-state index in [0.29, 0.717) is 38.0 Å². The van der Waals surface area contributed by atoms with Crippen LogP contribution in [-0.4, -0.2) is 71.8 Å². The summed E-state index contributed by atoms with van der Waals surface area (Å²) >= 11 is 0. The lowest BCUT2D eigenvalue weighted by atomic mass is 10.0. The number of alkyl halides is 3. The molecule has 0 atom stereocenters. The highest BCUT2D eigenvalue weighted by atomic mass is 19.4. The van der Waals surface area contributed by atoms with E-state index in [2.05, 4.69) is 4.74 Å². The number of hydrogen-bond acceptors (Lipinski definition) is 4. The van der Waals surface area contributed by atoms with Crippen molar-refractivity contribution >= 4 is 11.9 Å². The number of benzene rings is 1. The molecule has 0 aromatic heterocycles. The van der Waals surface area contributed by atoms with Crippen LogP contribution in [0.4, 0.5) is 13.2 Å². The first-order valence-corrected chi connectivity index (χ1v) is 8.74. The molecule has 1 heterocycles. The smallest absolute Gasteiger partial charge is 0.422 e. The van der Waals surface area contributed by atoms with Crippen LogP contribution in [0.25, 0.3) is 0 Å². The minimum absolute atomic E-state index is 0.0193. The number of halogens is 3. The number of aliphatic carboxylic acids is 1. The number of carboxylic acids is 1. The summed E-state index contributed by atoms with van der Waals surface area (Å²) in [7, 11) is 0. The molecule has 6 nitrogen and oxygen atoms in total. The fourth-order valence-electron chi connectivity index (χ4n) is 3.15. The molecule has 1 N–H and O–H groups in total. The lowest BCUT2D eigenvalue weighted by Crippen LogP contribution is -2.48. The van der Waals surface area contributed by atoms with E-state index in [1.165, 1.54) is 24.3 Å². The van der Waals surface area contributed by atoms with Crippen molar-refractivity contribution < 1.29 is 32.6 Å². The third kappa shape index (κ3) is 6.42. The van der Waals surface area contributed by atoms with Crippen LogP contribution in [0.3, 0.4) is 0 Å². The zero-order chi connectivity index (χ0) is 20.0. The molecule has 1 aromatic carbocycles. The molecule has 1 aliphatic rings. The van der Waals surface area contributed by atoms with Crippen LogP contribution < -0.4 is 4.74 Å². The summed E-state index contributed by atoms with van der Waals surface area (Å²) in [6, 6.07) is 5.70. The van der Waals surface area contributed by atoms with Crippen LogP contribution in [0.1, 0.15) is 30.1 Å². The fraction of sp³-hybridized carbons (Fsp3) is 0.556. The zero-order valence-electron chi connectivity index (χ0n) is 15.0. The molecular formula is C18H23F3N2O4. The first kappa shape index (κ1) is 21.0. The maximum Gasteiger partial charge on any atom is 0.422 e. The number of carboxylic acid groups (broad SMARTS) is 1. The zero-order valence-corrected chi connectivity index (χ0v) is 15.0. The molecular weight excluding hydrogens is 365 g/mol. The number of nitrogens with zero attached hydrogens (tertiary/aromatic N) is 2. The van der Waals surface area contributed by atoms with Crippen molar-refractivity contribution in [3.8, 4) is 5.75 Å². The van der Waals surface area contributed by atoms with Gasteiger partial charge >= 0.3 is 12.1 Å². The van der Waals surface area contributed by atoms with Gasteiger partial charge in [-0.3, -0.25) is 14.5 Å². The van der Waals surface area contributed by atoms with Crippen molar-refractivity contribution in [2.24, 2.45) is 0 Å². The van der Waals surface area contributed by atoms with E-state index >= 15 is 0 Å². The van der Waals surface area contributed by atoms with E-state index in [0.717, 1.165) is 0 Å². The maximum absolute atomic E-state index is 12.5. The summed E-state index contributed by atoms with van der Waals surface area (Å²) in [4.78, 5) is 27.0. The number of piperidine rings is 1. The molecule has 0 unspecified atom stereocenters. The second-order valence-electron chi connectivity index (χ2n) is 6.41. The Hall–Kier alpha value is -2.29. The van der Waals surface area contributed by atoms with Crippen molar-refractivity contribution in [1.82, 2.24) is 9.80 Å². The minimum Gasteiger partial charge on any atom is -0.484 e. The molecule has 0 spiro atoms. The van der Waals surface area contributed by atoms with Crippen molar-refractivity contribution in [3.05, 3.63) is 29.8 Å². The Morgan fingerprint density at radius 3 is 2.30 bits per heavy atom. The predicted octanol–water partition coefficient (Wildman–Crippen LogP) is 2.64. The second kappa shape index (κ2) is 9.07. The summed E-state index contributed by atoms with van der Waals surface area (Å²) < 4.78 is 41.1. The topological polar surface area (TPSA) is 70.1 Å². The average molecular weight is 388 g/mol. The van der Waals surface area contributed by atoms with Gasteiger partial charge < -0.3 is 14.7 Å². The summed E-state index contributed by atoms with van der Waals surface area (Å²) in [5.74, 6) is -1.02. The highest BCUT2D eigenvalue weighted by Gasteiger charge is 2.29. The van der Waals surface area contributed by atoms with E-state index < -0.39 is 18.8 Å². The first-order chi connectivity index (χ1) is 12.7. The van der Waals surface area contributed by atoms with E-state index in [-0.39, 0.29) is 24.2 Å². The average Bonchev–Trinajstić information content (AvgIpc) is 2.64. The molecule has 2 rings (SSSR count). The number of ether oxygens (including phenoxy) is 1.